The maximum atomic E-state index is 14.3. The number of aryl methyl sites for hydroxylation is 1. The van der Waals surface area contributed by atoms with Crippen LogP contribution in [0.5, 0.6) is 0 Å². The molecule has 2 nitrogen and oxygen atoms in total. The number of rotatable bonds is 5. The largest absolute Gasteiger partial charge is 0.292 e. The number of hydrogen-bond donors (Lipinski definition) is 0. The Morgan fingerprint density at radius 2 is 1.76 bits per heavy atom. The molecule has 0 atom stereocenters. The van der Waals surface area contributed by atoms with Gasteiger partial charge < -0.3 is 0 Å². The lowest BCUT2D eigenvalue weighted by molar-refractivity contribution is 0.0575. The van der Waals surface area contributed by atoms with Gasteiger partial charge in [-0.15, -0.1) is 0 Å². The van der Waals surface area contributed by atoms with Gasteiger partial charge >= 0.3 is 0 Å². The second-order valence-corrected chi connectivity index (χ2v) is 5.79. The molecule has 0 aromatic heterocycles. The molecule has 0 saturated heterocycles. The molecular formula is C17H23F2NO. The Morgan fingerprint density at radius 3 is 2.29 bits per heavy atom. The zero-order valence-electron chi connectivity index (χ0n) is 13.0. The average Bonchev–Trinajstić information content (AvgIpc) is 2.95. The summed E-state index contributed by atoms with van der Waals surface area (Å²) in [6.07, 6.45) is 3.22. The van der Waals surface area contributed by atoms with E-state index >= 15 is 0 Å². The van der Waals surface area contributed by atoms with Crippen LogP contribution in [0.25, 0.3) is 0 Å². The monoisotopic (exact) mass is 295 g/mol. The minimum absolute atomic E-state index is 0.312. The summed E-state index contributed by atoms with van der Waals surface area (Å²) in [5.41, 5.74) is -0.782. The molecule has 1 saturated carbocycles. The van der Waals surface area contributed by atoms with E-state index in [1.807, 2.05) is 13.8 Å². The maximum absolute atomic E-state index is 14.3. The van der Waals surface area contributed by atoms with Gasteiger partial charge in [-0.05, 0) is 44.5 Å². The number of halogens is 2. The third-order valence-electron chi connectivity index (χ3n) is 4.73. The van der Waals surface area contributed by atoms with Gasteiger partial charge in [0.2, 0.25) is 0 Å². The van der Waals surface area contributed by atoms with Gasteiger partial charge in [0.25, 0.3) is 0 Å². The van der Waals surface area contributed by atoms with Gasteiger partial charge in [-0.2, -0.15) is 0 Å². The van der Waals surface area contributed by atoms with Crippen molar-refractivity contribution in [2.24, 2.45) is 0 Å². The van der Waals surface area contributed by atoms with E-state index in [2.05, 4.69) is 4.90 Å². The lowest BCUT2D eigenvalue weighted by Gasteiger charge is -2.39. The summed E-state index contributed by atoms with van der Waals surface area (Å²) < 4.78 is 28.4. The predicted molar refractivity (Wildman–Crippen MR) is 79.5 cm³/mol. The second kappa shape index (κ2) is 6.22. The minimum Gasteiger partial charge on any atom is -0.292 e. The van der Waals surface area contributed by atoms with Crippen LogP contribution in [0, 0.1) is 18.6 Å². The Morgan fingerprint density at radius 1 is 1.19 bits per heavy atom. The van der Waals surface area contributed by atoms with Crippen LogP contribution in [0.4, 0.5) is 8.78 Å². The lowest BCUT2D eigenvalue weighted by Crippen LogP contribution is -2.53. The summed E-state index contributed by atoms with van der Waals surface area (Å²) in [7, 11) is 0. The maximum Gasteiger partial charge on any atom is 0.188 e. The SMILES string of the molecule is CCN(CC)C1(C(=O)c2c(F)ccc(C)c2F)CCCC1. The fraction of sp³-hybridized carbons (Fsp3) is 0.588. The molecule has 0 N–H and O–H groups in total. The van der Waals surface area contributed by atoms with Gasteiger partial charge in [0, 0.05) is 0 Å². The van der Waals surface area contributed by atoms with Crippen LogP contribution in [0.1, 0.15) is 55.5 Å². The number of hydrogen-bond acceptors (Lipinski definition) is 2. The smallest absolute Gasteiger partial charge is 0.188 e. The minimum atomic E-state index is -0.749. The van der Waals surface area contributed by atoms with E-state index in [-0.39, 0.29) is 11.3 Å². The van der Waals surface area contributed by atoms with Crippen LogP contribution in [0.2, 0.25) is 0 Å². The van der Waals surface area contributed by atoms with E-state index in [4.69, 9.17) is 0 Å². The number of nitrogens with zero attached hydrogens (tertiary/aromatic N) is 1. The van der Waals surface area contributed by atoms with Crippen LogP contribution < -0.4 is 0 Å². The molecule has 1 aromatic carbocycles. The second-order valence-electron chi connectivity index (χ2n) is 5.79. The van der Waals surface area contributed by atoms with Gasteiger partial charge in [-0.25, -0.2) is 8.78 Å². The summed E-state index contributed by atoms with van der Waals surface area (Å²) in [4.78, 5) is 15.1. The van der Waals surface area contributed by atoms with Crippen LogP contribution in [0.15, 0.2) is 12.1 Å². The summed E-state index contributed by atoms with van der Waals surface area (Å²) >= 11 is 0. The molecule has 0 spiro atoms. The highest BCUT2D eigenvalue weighted by Gasteiger charge is 2.46. The van der Waals surface area contributed by atoms with Gasteiger partial charge in [0.1, 0.15) is 11.6 Å². The van der Waals surface area contributed by atoms with Crippen molar-refractivity contribution >= 4 is 5.78 Å². The molecule has 4 heteroatoms. The fourth-order valence-corrected chi connectivity index (χ4v) is 3.57. The summed E-state index contributed by atoms with van der Waals surface area (Å²) in [5, 5.41) is 0. The first-order chi connectivity index (χ1) is 9.97. The van der Waals surface area contributed by atoms with Gasteiger partial charge in [-0.3, -0.25) is 9.69 Å². The first kappa shape index (κ1) is 16.1. The van der Waals surface area contributed by atoms with Gasteiger partial charge in [0.15, 0.2) is 5.78 Å². The highest BCUT2D eigenvalue weighted by Crippen LogP contribution is 2.39. The number of carbonyl (C=O) groups excluding carboxylic acids is 1. The van der Waals surface area contributed by atoms with Crippen molar-refractivity contribution in [3.05, 3.63) is 34.9 Å². The van der Waals surface area contributed by atoms with Crippen molar-refractivity contribution in [1.29, 1.82) is 0 Å². The number of benzene rings is 1. The van der Waals surface area contributed by atoms with E-state index in [0.29, 0.717) is 31.5 Å². The van der Waals surface area contributed by atoms with Crippen LogP contribution in [-0.2, 0) is 0 Å². The molecule has 0 heterocycles. The van der Waals surface area contributed by atoms with Crippen molar-refractivity contribution in [2.45, 2.75) is 52.0 Å². The molecule has 0 amide bonds. The van der Waals surface area contributed by atoms with E-state index in [0.717, 1.165) is 12.8 Å². The van der Waals surface area contributed by atoms with Crippen LogP contribution in [0.3, 0.4) is 0 Å². The zero-order chi connectivity index (χ0) is 15.6. The highest BCUT2D eigenvalue weighted by molar-refractivity contribution is 6.04. The molecule has 116 valence electrons. The molecule has 0 aliphatic heterocycles. The topological polar surface area (TPSA) is 20.3 Å². The van der Waals surface area contributed by atoms with E-state index in [1.165, 1.54) is 12.1 Å². The third kappa shape index (κ3) is 2.61. The molecule has 2 rings (SSSR count). The Bertz CT molecular complexity index is 532. The highest BCUT2D eigenvalue weighted by atomic mass is 19.1. The molecule has 1 fully saturated rings. The first-order valence-electron chi connectivity index (χ1n) is 7.72. The van der Waals surface area contributed by atoms with E-state index in [1.54, 1.807) is 6.92 Å². The molecule has 21 heavy (non-hydrogen) atoms. The Kier molecular flexibility index (Phi) is 4.77. The first-order valence-corrected chi connectivity index (χ1v) is 7.72. The van der Waals surface area contributed by atoms with Gasteiger partial charge in [-0.1, -0.05) is 32.8 Å². The number of ketones is 1. The molecule has 0 radical (unpaired) electrons. The van der Waals surface area contributed by atoms with E-state index < -0.39 is 17.2 Å². The van der Waals surface area contributed by atoms with Crippen molar-refractivity contribution in [3.8, 4) is 0 Å². The third-order valence-corrected chi connectivity index (χ3v) is 4.73. The molecule has 0 unspecified atom stereocenters. The zero-order valence-corrected chi connectivity index (χ0v) is 13.0. The van der Waals surface area contributed by atoms with Crippen LogP contribution >= 0.6 is 0 Å². The Balaban J connectivity index is 2.52. The Labute approximate surface area is 125 Å². The van der Waals surface area contributed by atoms with Gasteiger partial charge in [0.05, 0.1) is 11.1 Å². The Hall–Kier alpha value is -1.29. The average molecular weight is 295 g/mol. The van der Waals surface area contributed by atoms with Crippen molar-refractivity contribution in [3.63, 3.8) is 0 Å². The summed E-state index contributed by atoms with van der Waals surface area (Å²) in [6.45, 7) is 6.94. The van der Waals surface area contributed by atoms with Crippen LogP contribution in [-0.4, -0.2) is 29.3 Å². The number of likely N-dealkylation sites (N-methyl/N-ethyl adjacent to an activating group) is 1. The van der Waals surface area contributed by atoms with E-state index in [9.17, 15) is 13.6 Å². The number of carbonyl (C=O) groups is 1. The van der Waals surface area contributed by atoms with Crippen molar-refractivity contribution in [1.82, 2.24) is 4.90 Å². The lowest BCUT2D eigenvalue weighted by atomic mass is 9.84. The molecular weight excluding hydrogens is 272 g/mol. The van der Waals surface area contributed by atoms with Crippen molar-refractivity contribution in [2.75, 3.05) is 13.1 Å². The molecule has 1 aliphatic rings. The molecule has 1 aromatic rings. The predicted octanol–water partition coefficient (Wildman–Crippen LogP) is 4.11. The quantitative estimate of drug-likeness (QED) is 0.762. The van der Waals surface area contributed by atoms with Crippen molar-refractivity contribution < 1.29 is 13.6 Å². The molecule has 1 aliphatic carbocycles. The normalized spacial score (nSPS) is 17.4. The standard InChI is InChI=1S/C17H23F2NO/c1-4-20(5-2)17(10-6-7-11-17)16(21)14-13(18)9-8-12(3)15(14)19/h8-9H,4-7,10-11H2,1-3H3. The summed E-state index contributed by atoms with van der Waals surface area (Å²) in [6, 6.07) is 2.57. The fourth-order valence-electron chi connectivity index (χ4n) is 3.57. The summed E-state index contributed by atoms with van der Waals surface area (Å²) in [5.74, 6) is -1.85. The molecule has 0 bridgehead atoms. The number of Topliss-reactive ketones (excluding diaryl/α,β-unsaturated/α-hetero) is 1.